The van der Waals surface area contributed by atoms with E-state index in [2.05, 4.69) is 19.9 Å². The van der Waals surface area contributed by atoms with Gasteiger partial charge in [-0.2, -0.15) is 4.98 Å². The molecule has 6 heteroatoms. The van der Waals surface area contributed by atoms with Gasteiger partial charge < -0.3 is 4.74 Å². The van der Waals surface area contributed by atoms with Gasteiger partial charge in [0.25, 0.3) is 0 Å². The van der Waals surface area contributed by atoms with Gasteiger partial charge >= 0.3 is 5.69 Å². The fourth-order valence-electron chi connectivity index (χ4n) is 1.15. The van der Waals surface area contributed by atoms with Crippen molar-refractivity contribution in [3.8, 4) is 5.88 Å². The lowest BCUT2D eigenvalue weighted by Gasteiger charge is -1.99. The lowest BCUT2D eigenvalue weighted by Crippen LogP contribution is -1.99. The van der Waals surface area contributed by atoms with Crippen LogP contribution < -0.4 is 10.4 Å². The van der Waals surface area contributed by atoms with Gasteiger partial charge in [0.15, 0.2) is 5.65 Å². The zero-order valence-electron chi connectivity index (χ0n) is 7.21. The number of aromatic nitrogens is 4. The number of rotatable bonds is 1. The minimum Gasteiger partial charge on any atom is -0.479 e. The van der Waals surface area contributed by atoms with Crippen molar-refractivity contribution in [1.82, 2.24) is 19.9 Å². The molecule has 0 aliphatic heterocycles. The van der Waals surface area contributed by atoms with Crippen molar-refractivity contribution >= 4 is 11.2 Å². The fraction of sp³-hybridized carbons (Fsp3) is 0.286. The largest absolute Gasteiger partial charge is 0.479 e. The molecule has 0 spiro atoms. The Kier molecular flexibility index (Phi) is 1.54. The van der Waals surface area contributed by atoms with Crippen LogP contribution >= 0.6 is 0 Å². The molecule has 0 bridgehead atoms. The van der Waals surface area contributed by atoms with Gasteiger partial charge in [0.1, 0.15) is 11.3 Å². The van der Waals surface area contributed by atoms with Crippen molar-refractivity contribution in [3.05, 3.63) is 16.3 Å². The van der Waals surface area contributed by atoms with E-state index in [1.54, 1.807) is 6.92 Å². The maximum absolute atomic E-state index is 10.9. The summed E-state index contributed by atoms with van der Waals surface area (Å²) in [5.74, 6) is 0.931. The molecule has 68 valence electrons. The summed E-state index contributed by atoms with van der Waals surface area (Å²) >= 11 is 0. The smallest absolute Gasteiger partial charge is 0.325 e. The number of hydrogen-bond acceptors (Lipinski definition) is 4. The molecule has 0 aliphatic rings. The third-order valence-electron chi connectivity index (χ3n) is 1.65. The molecule has 2 rings (SSSR count). The van der Waals surface area contributed by atoms with Crippen LogP contribution in [0.25, 0.3) is 11.2 Å². The van der Waals surface area contributed by atoms with Crippen molar-refractivity contribution in [3.63, 3.8) is 0 Å². The Labute approximate surface area is 73.0 Å². The molecular weight excluding hydrogens is 172 g/mol. The topological polar surface area (TPSA) is 83.7 Å². The average molecular weight is 180 g/mol. The summed E-state index contributed by atoms with van der Waals surface area (Å²) in [5, 5.41) is 0. The van der Waals surface area contributed by atoms with Crippen molar-refractivity contribution in [2.45, 2.75) is 6.92 Å². The van der Waals surface area contributed by atoms with Crippen LogP contribution in [-0.2, 0) is 0 Å². The fourth-order valence-corrected chi connectivity index (χ4v) is 1.15. The van der Waals surface area contributed by atoms with Crippen molar-refractivity contribution < 1.29 is 4.74 Å². The third-order valence-corrected chi connectivity index (χ3v) is 1.65. The lowest BCUT2D eigenvalue weighted by atomic mass is 10.5. The Hall–Kier alpha value is -1.85. The lowest BCUT2D eigenvalue weighted by molar-refractivity contribution is 0.400. The van der Waals surface area contributed by atoms with Crippen LogP contribution in [0.3, 0.4) is 0 Å². The molecular formula is C7H8N4O2. The van der Waals surface area contributed by atoms with E-state index >= 15 is 0 Å². The van der Waals surface area contributed by atoms with E-state index in [1.165, 1.54) is 7.11 Å². The van der Waals surface area contributed by atoms with Crippen LogP contribution in [-0.4, -0.2) is 27.0 Å². The number of aromatic amines is 2. The van der Waals surface area contributed by atoms with Crippen LogP contribution in [0, 0.1) is 6.92 Å². The molecule has 2 aromatic rings. The van der Waals surface area contributed by atoms with Crippen molar-refractivity contribution in [1.29, 1.82) is 0 Å². The highest BCUT2D eigenvalue weighted by molar-refractivity contribution is 5.75. The number of ether oxygens (including phenoxy) is 1. The van der Waals surface area contributed by atoms with Gasteiger partial charge in [-0.3, -0.25) is 9.97 Å². The highest BCUT2D eigenvalue weighted by atomic mass is 16.5. The number of hydrogen-bond donors (Lipinski definition) is 2. The van der Waals surface area contributed by atoms with E-state index in [1.807, 2.05) is 0 Å². The second-order valence-corrected chi connectivity index (χ2v) is 2.58. The summed E-state index contributed by atoms with van der Waals surface area (Å²) in [6.07, 6.45) is 0. The molecule has 2 heterocycles. The first-order chi connectivity index (χ1) is 6.20. The summed E-state index contributed by atoms with van der Waals surface area (Å²) in [6, 6.07) is 0. The highest BCUT2D eigenvalue weighted by Gasteiger charge is 2.08. The van der Waals surface area contributed by atoms with Crippen LogP contribution in [0.2, 0.25) is 0 Å². The van der Waals surface area contributed by atoms with Gasteiger partial charge in [0.2, 0.25) is 5.88 Å². The van der Waals surface area contributed by atoms with Crippen LogP contribution in [0.1, 0.15) is 5.82 Å². The predicted octanol–water partition coefficient (Wildman–Crippen LogP) is -0.0368. The normalized spacial score (nSPS) is 10.6. The summed E-state index contributed by atoms with van der Waals surface area (Å²) in [7, 11) is 1.49. The molecule has 0 fully saturated rings. The highest BCUT2D eigenvalue weighted by Crippen LogP contribution is 2.16. The van der Waals surface area contributed by atoms with Gasteiger partial charge in [-0.1, -0.05) is 0 Å². The molecule has 13 heavy (non-hydrogen) atoms. The first-order valence-electron chi connectivity index (χ1n) is 3.71. The maximum atomic E-state index is 10.9. The molecule has 0 aliphatic carbocycles. The van der Waals surface area contributed by atoms with Crippen LogP contribution in [0.5, 0.6) is 5.88 Å². The van der Waals surface area contributed by atoms with E-state index in [0.717, 1.165) is 0 Å². The van der Waals surface area contributed by atoms with Gasteiger partial charge in [0.05, 0.1) is 7.11 Å². The Balaban J connectivity index is 2.88. The third kappa shape index (κ3) is 1.16. The molecule has 2 aromatic heterocycles. The number of aryl methyl sites for hydroxylation is 1. The average Bonchev–Trinajstić information content (AvgIpc) is 2.43. The van der Waals surface area contributed by atoms with E-state index < -0.39 is 0 Å². The monoisotopic (exact) mass is 180 g/mol. The standard InChI is InChI=1S/C7H8N4O2/c1-3-8-5-4(6(9-3)13-2)10-7(12)11-5/h1-2H3,(H2,8,9,10,11,12). The van der Waals surface area contributed by atoms with Gasteiger partial charge in [0, 0.05) is 0 Å². The Bertz CT molecular complexity index is 499. The van der Waals surface area contributed by atoms with E-state index in [4.69, 9.17) is 4.74 Å². The second kappa shape index (κ2) is 2.58. The molecule has 0 unspecified atom stereocenters. The molecule has 0 atom stereocenters. The number of methoxy groups -OCH3 is 1. The maximum Gasteiger partial charge on any atom is 0.325 e. The first-order valence-corrected chi connectivity index (χ1v) is 3.71. The van der Waals surface area contributed by atoms with Gasteiger partial charge in [-0.25, -0.2) is 9.78 Å². The van der Waals surface area contributed by atoms with Gasteiger partial charge in [-0.05, 0) is 6.92 Å². The molecule has 2 N–H and O–H groups in total. The van der Waals surface area contributed by atoms with Crippen LogP contribution in [0.15, 0.2) is 4.79 Å². The van der Waals surface area contributed by atoms with Crippen LogP contribution in [0.4, 0.5) is 0 Å². The summed E-state index contributed by atoms with van der Waals surface area (Å²) in [6.45, 7) is 1.73. The van der Waals surface area contributed by atoms with Crippen molar-refractivity contribution in [2.24, 2.45) is 0 Å². The zero-order valence-corrected chi connectivity index (χ0v) is 7.21. The molecule has 0 saturated carbocycles. The predicted molar refractivity (Wildman–Crippen MR) is 45.8 cm³/mol. The van der Waals surface area contributed by atoms with Gasteiger partial charge in [-0.15, -0.1) is 0 Å². The Morgan fingerprint density at radius 1 is 1.31 bits per heavy atom. The number of nitrogens with one attached hydrogen (secondary N) is 2. The van der Waals surface area contributed by atoms with E-state index in [9.17, 15) is 4.79 Å². The number of imidazole rings is 1. The molecule has 6 nitrogen and oxygen atoms in total. The molecule has 0 aromatic carbocycles. The van der Waals surface area contributed by atoms with Crippen molar-refractivity contribution in [2.75, 3.05) is 7.11 Å². The number of nitrogens with zero attached hydrogens (tertiary/aromatic N) is 2. The minimum absolute atomic E-state index is 0.312. The Morgan fingerprint density at radius 2 is 2.08 bits per heavy atom. The SMILES string of the molecule is COc1nc(C)nc2[nH]c(=O)[nH]c12. The minimum atomic E-state index is -0.312. The molecule has 0 amide bonds. The first kappa shape index (κ1) is 7.78. The van der Waals surface area contributed by atoms with E-state index in [-0.39, 0.29) is 5.69 Å². The second-order valence-electron chi connectivity index (χ2n) is 2.58. The summed E-state index contributed by atoms with van der Waals surface area (Å²) < 4.78 is 4.98. The van der Waals surface area contributed by atoms with E-state index in [0.29, 0.717) is 22.9 Å². The summed E-state index contributed by atoms with van der Waals surface area (Å²) in [5.41, 5.74) is 0.653. The number of fused-ring (bicyclic) bond motifs is 1. The number of H-pyrrole nitrogens is 2. The summed E-state index contributed by atoms with van der Waals surface area (Å²) in [4.78, 5) is 24.0. The zero-order chi connectivity index (χ0) is 9.42. The quantitative estimate of drug-likeness (QED) is 0.645. The molecule has 0 saturated heterocycles. The Morgan fingerprint density at radius 3 is 2.77 bits per heavy atom. The molecule has 0 radical (unpaired) electrons.